The second-order valence-electron chi connectivity index (χ2n) is 3.96. The molecule has 0 radical (unpaired) electrons. The first-order valence-electron chi connectivity index (χ1n) is 5.28. The predicted molar refractivity (Wildman–Crippen MR) is 59.8 cm³/mol. The second kappa shape index (κ2) is 5.46. The quantitative estimate of drug-likeness (QED) is 0.668. The maximum atomic E-state index is 11.7. The third-order valence-corrected chi connectivity index (χ3v) is 4.43. The molecule has 0 aromatic heterocycles. The molecule has 1 unspecified atom stereocenters. The number of amides is 1. The first-order chi connectivity index (χ1) is 7.86. The van der Waals surface area contributed by atoms with E-state index in [0.717, 1.165) is 4.31 Å². The summed E-state index contributed by atoms with van der Waals surface area (Å²) >= 11 is 0. The van der Waals surface area contributed by atoms with E-state index in [1.54, 1.807) is 0 Å². The van der Waals surface area contributed by atoms with Crippen LogP contribution in [-0.2, 0) is 19.6 Å². The van der Waals surface area contributed by atoms with Gasteiger partial charge < -0.3 is 10.4 Å². The highest BCUT2D eigenvalue weighted by atomic mass is 32.2. The fraction of sp³-hybridized carbons (Fsp3) is 0.778. The summed E-state index contributed by atoms with van der Waals surface area (Å²) in [6.45, 7) is 0.346. The van der Waals surface area contributed by atoms with Gasteiger partial charge in [0.15, 0.2) is 5.75 Å². The molecule has 7 nitrogen and oxygen atoms in total. The lowest BCUT2D eigenvalue weighted by Crippen LogP contribution is -2.46. The van der Waals surface area contributed by atoms with Crippen LogP contribution in [0, 0.1) is 5.92 Å². The number of hydrogen-bond acceptors (Lipinski definition) is 4. The molecule has 1 fully saturated rings. The minimum Gasteiger partial charge on any atom is -0.480 e. The Labute approximate surface area is 99.8 Å². The van der Waals surface area contributed by atoms with Crippen molar-refractivity contribution in [1.82, 2.24) is 9.62 Å². The summed E-state index contributed by atoms with van der Waals surface area (Å²) in [5.41, 5.74) is 0. The monoisotopic (exact) mass is 264 g/mol. The molecule has 1 aliphatic heterocycles. The first-order valence-corrected chi connectivity index (χ1v) is 6.89. The van der Waals surface area contributed by atoms with Gasteiger partial charge in [-0.3, -0.25) is 9.59 Å². The van der Waals surface area contributed by atoms with Crippen molar-refractivity contribution in [1.29, 1.82) is 0 Å². The van der Waals surface area contributed by atoms with Gasteiger partial charge in [-0.2, -0.15) is 0 Å². The van der Waals surface area contributed by atoms with Gasteiger partial charge in [0.25, 0.3) is 0 Å². The van der Waals surface area contributed by atoms with Crippen LogP contribution in [0.4, 0.5) is 0 Å². The van der Waals surface area contributed by atoms with Crippen LogP contribution in [0.1, 0.15) is 12.8 Å². The third kappa shape index (κ3) is 3.67. The number of hydrogen-bond donors (Lipinski definition) is 2. The van der Waals surface area contributed by atoms with Gasteiger partial charge >= 0.3 is 5.97 Å². The van der Waals surface area contributed by atoms with Crippen molar-refractivity contribution in [3.63, 3.8) is 0 Å². The SMILES string of the molecule is CNC(=O)C1CCCN(S(=O)(=O)CC(=O)O)C1. The molecule has 0 spiro atoms. The molecular formula is C9H16N2O5S. The molecule has 2 N–H and O–H groups in total. The summed E-state index contributed by atoms with van der Waals surface area (Å²) in [4.78, 5) is 21.9. The summed E-state index contributed by atoms with van der Waals surface area (Å²) in [5, 5.41) is 11.0. The van der Waals surface area contributed by atoms with E-state index in [4.69, 9.17) is 5.11 Å². The molecule has 1 aliphatic rings. The van der Waals surface area contributed by atoms with Crippen molar-refractivity contribution in [2.45, 2.75) is 12.8 Å². The second-order valence-corrected chi connectivity index (χ2v) is 5.93. The molecule has 1 saturated heterocycles. The van der Waals surface area contributed by atoms with Gasteiger partial charge in [-0.15, -0.1) is 0 Å². The van der Waals surface area contributed by atoms with Crippen LogP contribution < -0.4 is 5.32 Å². The van der Waals surface area contributed by atoms with Crippen LogP contribution in [0.25, 0.3) is 0 Å². The van der Waals surface area contributed by atoms with Crippen molar-refractivity contribution < 1.29 is 23.1 Å². The van der Waals surface area contributed by atoms with E-state index in [-0.39, 0.29) is 19.0 Å². The zero-order valence-electron chi connectivity index (χ0n) is 9.55. The van der Waals surface area contributed by atoms with Crippen molar-refractivity contribution >= 4 is 21.9 Å². The molecule has 8 heteroatoms. The molecule has 1 heterocycles. The average molecular weight is 264 g/mol. The highest BCUT2D eigenvalue weighted by Gasteiger charge is 2.32. The summed E-state index contributed by atoms with van der Waals surface area (Å²) in [6.07, 6.45) is 1.19. The minimum atomic E-state index is -3.80. The Morgan fingerprint density at radius 3 is 2.65 bits per heavy atom. The van der Waals surface area contributed by atoms with Crippen LogP contribution in [0.3, 0.4) is 0 Å². The van der Waals surface area contributed by atoms with Gasteiger partial charge in [-0.05, 0) is 12.8 Å². The summed E-state index contributed by atoms with van der Waals surface area (Å²) in [7, 11) is -2.31. The topological polar surface area (TPSA) is 104 Å². The van der Waals surface area contributed by atoms with E-state index in [2.05, 4.69) is 5.32 Å². The molecule has 1 atom stereocenters. The first kappa shape index (κ1) is 13.9. The lowest BCUT2D eigenvalue weighted by molar-refractivity contribution is -0.134. The molecule has 0 aliphatic carbocycles. The number of nitrogens with zero attached hydrogens (tertiary/aromatic N) is 1. The highest BCUT2D eigenvalue weighted by Crippen LogP contribution is 2.19. The lowest BCUT2D eigenvalue weighted by Gasteiger charge is -2.30. The van der Waals surface area contributed by atoms with E-state index >= 15 is 0 Å². The Bertz CT molecular complexity index is 406. The molecule has 1 rings (SSSR count). The van der Waals surface area contributed by atoms with Crippen LogP contribution in [0.5, 0.6) is 0 Å². The van der Waals surface area contributed by atoms with Gasteiger partial charge in [0.05, 0.1) is 5.92 Å². The Hall–Kier alpha value is -1.15. The molecule has 1 amide bonds. The average Bonchev–Trinajstić information content (AvgIpc) is 2.26. The van der Waals surface area contributed by atoms with Crippen molar-refractivity contribution in [3.8, 4) is 0 Å². The van der Waals surface area contributed by atoms with Gasteiger partial charge in [0.2, 0.25) is 15.9 Å². The number of nitrogens with one attached hydrogen (secondary N) is 1. The normalized spacial score (nSPS) is 22.1. The number of carboxylic acid groups (broad SMARTS) is 1. The van der Waals surface area contributed by atoms with Crippen LogP contribution in [0.2, 0.25) is 0 Å². The van der Waals surface area contributed by atoms with Gasteiger partial charge in [-0.1, -0.05) is 0 Å². The number of carboxylic acids is 1. The maximum absolute atomic E-state index is 11.7. The largest absolute Gasteiger partial charge is 0.480 e. The lowest BCUT2D eigenvalue weighted by atomic mass is 9.99. The molecule has 17 heavy (non-hydrogen) atoms. The summed E-state index contributed by atoms with van der Waals surface area (Å²) in [5.74, 6) is -2.90. The number of aliphatic carboxylic acids is 1. The van der Waals surface area contributed by atoms with E-state index < -0.39 is 27.7 Å². The van der Waals surface area contributed by atoms with Crippen molar-refractivity contribution in [3.05, 3.63) is 0 Å². The fourth-order valence-corrected chi connectivity index (χ4v) is 3.17. The number of piperidine rings is 1. The van der Waals surface area contributed by atoms with E-state index in [1.165, 1.54) is 7.05 Å². The van der Waals surface area contributed by atoms with E-state index in [9.17, 15) is 18.0 Å². The molecule has 0 bridgehead atoms. The molecule has 0 saturated carbocycles. The number of carbonyl (C=O) groups excluding carboxylic acids is 1. The van der Waals surface area contributed by atoms with Crippen molar-refractivity contribution in [2.24, 2.45) is 5.92 Å². The smallest absolute Gasteiger partial charge is 0.320 e. The van der Waals surface area contributed by atoms with Crippen LogP contribution in [0.15, 0.2) is 0 Å². The molecule has 0 aromatic carbocycles. The molecule has 98 valence electrons. The molecule has 0 aromatic rings. The van der Waals surface area contributed by atoms with Gasteiger partial charge in [-0.25, -0.2) is 12.7 Å². The Morgan fingerprint density at radius 2 is 2.12 bits per heavy atom. The van der Waals surface area contributed by atoms with Crippen LogP contribution in [-0.4, -0.2) is 55.6 Å². The van der Waals surface area contributed by atoms with Gasteiger partial charge in [0.1, 0.15) is 0 Å². The Morgan fingerprint density at radius 1 is 1.47 bits per heavy atom. The number of sulfonamides is 1. The van der Waals surface area contributed by atoms with E-state index in [0.29, 0.717) is 12.8 Å². The highest BCUT2D eigenvalue weighted by molar-refractivity contribution is 7.89. The predicted octanol–water partition coefficient (Wildman–Crippen LogP) is -1.14. The van der Waals surface area contributed by atoms with E-state index in [1.807, 2.05) is 0 Å². The third-order valence-electron chi connectivity index (χ3n) is 2.70. The maximum Gasteiger partial charge on any atom is 0.320 e. The standard InChI is InChI=1S/C9H16N2O5S/c1-10-9(14)7-3-2-4-11(5-7)17(15,16)6-8(12)13/h7H,2-6H2,1H3,(H,10,14)(H,12,13). The molecular weight excluding hydrogens is 248 g/mol. The minimum absolute atomic E-state index is 0.0648. The van der Waals surface area contributed by atoms with Gasteiger partial charge in [0, 0.05) is 20.1 Å². The zero-order valence-corrected chi connectivity index (χ0v) is 10.4. The number of carbonyl (C=O) groups is 2. The summed E-state index contributed by atoms with van der Waals surface area (Å²) in [6, 6.07) is 0. The Balaban J connectivity index is 2.72. The van der Waals surface area contributed by atoms with Crippen molar-refractivity contribution in [2.75, 3.05) is 25.9 Å². The summed E-state index contributed by atoms with van der Waals surface area (Å²) < 4.78 is 24.4. The number of rotatable bonds is 4. The zero-order chi connectivity index (χ0) is 13.1. The fourth-order valence-electron chi connectivity index (χ4n) is 1.86. The van der Waals surface area contributed by atoms with Crippen LogP contribution >= 0.6 is 0 Å². The Kier molecular flexibility index (Phi) is 4.47.